The van der Waals surface area contributed by atoms with E-state index in [-0.39, 0.29) is 21.2 Å². The van der Waals surface area contributed by atoms with Crippen LogP contribution in [0.25, 0.3) is 0 Å². The smallest absolute Gasteiger partial charge is 0.337 e. The Kier molecular flexibility index (Phi) is 4.70. The predicted octanol–water partition coefficient (Wildman–Crippen LogP) is 3.77. The Labute approximate surface area is 135 Å². The van der Waals surface area contributed by atoms with Gasteiger partial charge in [0.2, 0.25) is 0 Å². The molecule has 0 radical (unpaired) electrons. The Morgan fingerprint density at radius 1 is 1.14 bits per heavy atom. The molecule has 0 amide bonds. The summed E-state index contributed by atoms with van der Waals surface area (Å²) in [5, 5.41) is 9.00. The molecule has 0 aliphatic heterocycles. The molecule has 7 heteroatoms. The molecule has 0 aromatic heterocycles. The highest BCUT2D eigenvalue weighted by Crippen LogP contribution is 2.23. The predicted molar refractivity (Wildman–Crippen MR) is 83.4 cm³/mol. The van der Waals surface area contributed by atoms with Crippen molar-refractivity contribution in [3.05, 3.63) is 63.1 Å². The van der Waals surface area contributed by atoms with E-state index in [9.17, 15) is 13.2 Å². The van der Waals surface area contributed by atoms with E-state index in [4.69, 9.17) is 16.7 Å². The van der Waals surface area contributed by atoms with Crippen LogP contribution < -0.4 is 0 Å². The monoisotopic (exact) mass is 388 g/mol. The van der Waals surface area contributed by atoms with E-state index < -0.39 is 15.8 Å². The number of carboxylic acids is 1. The van der Waals surface area contributed by atoms with E-state index >= 15 is 0 Å². The van der Waals surface area contributed by atoms with Gasteiger partial charge in [-0.05, 0) is 35.9 Å². The maximum absolute atomic E-state index is 12.3. The number of carboxylic acid groups (broad SMARTS) is 1. The van der Waals surface area contributed by atoms with Gasteiger partial charge < -0.3 is 5.11 Å². The molecule has 4 nitrogen and oxygen atoms in total. The lowest BCUT2D eigenvalue weighted by Gasteiger charge is -2.07. The highest BCUT2D eigenvalue weighted by Gasteiger charge is 2.19. The zero-order chi connectivity index (χ0) is 15.6. The van der Waals surface area contributed by atoms with Gasteiger partial charge in [-0.15, -0.1) is 0 Å². The summed E-state index contributed by atoms with van der Waals surface area (Å²) in [5.41, 5.74) is 0.388. The molecule has 0 bridgehead atoms. The van der Waals surface area contributed by atoms with Gasteiger partial charge in [-0.1, -0.05) is 39.7 Å². The molecule has 110 valence electrons. The van der Waals surface area contributed by atoms with Crippen molar-refractivity contribution in [2.24, 2.45) is 0 Å². The van der Waals surface area contributed by atoms with Gasteiger partial charge in [-0.25, -0.2) is 13.2 Å². The van der Waals surface area contributed by atoms with Gasteiger partial charge in [0.1, 0.15) is 0 Å². The first-order chi connectivity index (χ1) is 9.79. The van der Waals surface area contributed by atoms with Crippen LogP contribution in [0.15, 0.2) is 51.8 Å². The van der Waals surface area contributed by atoms with Crippen LogP contribution >= 0.6 is 27.5 Å². The average Bonchev–Trinajstić information content (AvgIpc) is 2.41. The van der Waals surface area contributed by atoms with Gasteiger partial charge in [0.15, 0.2) is 9.84 Å². The first kappa shape index (κ1) is 16.0. The van der Waals surface area contributed by atoms with Crippen molar-refractivity contribution < 1.29 is 18.3 Å². The van der Waals surface area contributed by atoms with Crippen LogP contribution in [0.1, 0.15) is 15.9 Å². The molecular formula is C14H10BrClO4S. The summed E-state index contributed by atoms with van der Waals surface area (Å²) >= 11 is 9.01. The molecule has 0 saturated heterocycles. The normalized spacial score (nSPS) is 11.3. The Hall–Kier alpha value is -1.37. The van der Waals surface area contributed by atoms with Gasteiger partial charge >= 0.3 is 5.97 Å². The quantitative estimate of drug-likeness (QED) is 0.864. The minimum Gasteiger partial charge on any atom is -0.478 e. The zero-order valence-electron chi connectivity index (χ0n) is 10.6. The number of sulfone groups is 1. The van der Waals surface area contributed by atoms with Crippen molar-refractivity contribution >= 4 is 43.3 Å². The fourth-order valence-electron chi connectivity index (χ4n) is 1.75. The van der Waals surface area contributed by atoms with E-state index in [2.05, 4.69) is 15.9 Å². The second-order valence-corrected chi connectivity index (χ2v) is 7.64. The highest BCUT2D eigenvalue weighted by molar-refractivity contribution is 9.10. The molecule has 2 aromatic carbocycles. The van der Waals surface area contributed by atoms with Gasteiger partial charge in [-0.2, -0.15) is 0 Å². The molecule has 0 atom stereocenters. The Morgan fingerprint density at radius 3 is 2.33 bits per heavy atom. The molecule has 2 rings (SSSR count). The maximum atomic E-state index is 12.3. The lowest BCUT2D eigenvalue weighted by Crippen LogP contribution is -2.07. The van der Waals surface area contributed by atoms with Crippen molar-refractivity contribution in [3.8, 4) is 0 Å². The minimum absolute atomic E-state index is 0.00471. The summed E-state index contributed by atoms with van der Waals surface area (Å²) in [6.45, 7) is 0. The maximum Gasteiger partial charge on any atom is 0.337 e. The van der Waals surface area contributed by atoms with Crippen LogP contribution in [0.4, 0.5) is 0 Å². The highest BCUT2D eigenvalue weighted by atomic mass is 79.9. The van der Waals surface area contributed by atoms with Gasteiger partial charge in [0.25, 0.3) is 0 Å². The van der Waals surface area contributed by atoms with Crippen LogP contribution in [0, 0.1) is 0 Å². The number of halogens is 2. The van der Waals surface area contributed by atoms with E-state index in [1.54, 1.807) is 24.3 Å². The first-order valence-corrected chi connectivity index (χ1v) is 8.62. The lowest BCUT2D eigenvalue weighted by molar-refractivity contribution is 0.0697. The minimum atomic E-state index is -3.64. The molecule has 21 heavy (non-hydrogen) atoms. The molecular weight excluding hydrogens is 380 g/mol. The summed E-state index contributed by atoms with van der Waals surface area (Å²) in [4.78, 5) is 10.9. The third-order valence-electron chi connectivity index (χ3n) is 2.80. The molecule has 0 aliphatic carbocycles. The fourth-order valence-corrected chi connectivity index (χ4v) is 3.58. The first-order valence-electron chi connectivity index (χ1n) is 5.79. The van der Waals surface area contributed by atoms with Crippen LogP contribution in [0.5, 0.6) is 0 Å². The standard InChI is InChI=1S/C14H10BrClO4S/c15-10-3-1-9(2-4-10)8-21(19,20)11-5-6-13(16)12(7-11)14(17)18/h1-7H,8H2,(H,17,18). The molecule has 0 spiro atoms. The lowest BCUT2D eigenvalue weighted by atomic mass is 10.2. The fraction of sp³-hybridized carbons (Fsp3) is 0.0714. The van der Waals surface area contributed by atoms with Crippen molar-refractivity contribution in [3.63, 3.8) is 0 Å². The van der Waals surface area contributed by atoms with Gasteiger partial charge in [-0.3, -0.25) is 0 Å². The van der Waals surface area contributed by atoms with Crippen LogP contribution in [-0.4, -0.2) is 19.5 Å². The summed E-state index contributed by atoms with van der Waals surface area (Å²) in [5.74, 6) is -1.47. The third-order valence-corrected chi connectivity index (χ3v) is 5.34. The van der Waals surface area contributed by atoms with E-state index in [0.717, 1.165) is 10.5 Å². The number of aromatic carboxylic acids is 1. The SMILES string of the molecule is O=C(O)c1cc(S(=O)(=O)Cc2ccc(Br)cc2)ccc1Cl. The topological polar surface area (TPSA) is 71.4 Å². The van der Waals surface area contributed by atoms with Gasteiger partial charge in [0.05, 0.1) is 21.2 Å². The number of carbonyl (C=O) groups is 1. The largest absolute Gasteiger partial charge is 0.478 e. The van der Waals surface area contributed by atoms with Crippen molar-refractivity contribution in [2.75, 3.05) is 0 Å². The zero-order valence-corrected chi connectivity index (χ0v) is 13.7. The van der Waals surface area contributed by atoms with Crippen LogP contribution in [0.2, 0.25) is 5.02 Å². The molecule has 0 unspecified atom stereocenters. The molecule has 0 fully saturated rings. The Balaban J connectivity index is 2.38. The second kappa shape index (κ2) is 6.17. The number of rotatable bonds is 4. The average molecular weight is 390 g/mol. The molecule has 0 aliphatic rings. The second-order valence-electron chi connectivity index (χ2n) is 4.33. The van der Waals surface area contributed by atoms with E-state index in [1.165, 1.54) is 12.1 Å². The van der Waals surface area contributed by atoms with Crippen LogP contribution in [-0.2, 0) is 15.6 Å². The summed E-state index contributed by atoms with van der Waals surface area (Å²) < 4.78 is 25.5. The number of hydrogen-bond acceptors (Lipinski definition) is 3. The Bertz CT molecular complexity index is 785. The van der Waals surface area contributed by atoms with E-state index in [0.29, 0.717) is 5.56 Å². The molecule has 1 N–H and O–H groups in total. The molecule has 0 saturated carbocycles. The Morgan fingerprint density at radius 2 is 1.76 bits per heavy atom. The van der Waals surface area contributed by atoms with Crippen molar-refractivity contribution in [1.29, 1.82) is 0 Å². The van der Waals surface area contributed by atoms with Crippen LogP contribution in [0.3, 0.4) is 0 Å². The summed E-state index contributed by atoms with van der Waals surface area (Å²) in [7, 11) is -3.64. The molecule has 2 aromatic rings. The number of benzene rings is 2. The van der Waals surface area contributed by atoms with E-state index in [1.807, 2.05) is 0 Å². The van der Waals surface area contributed by atoms with Gasteiger partial charge in [0, 0.05) is 4.47 Å². The van der Waals surface area contributed by atoms with Crippen molar-refractivity contribution in [2.45, 2.75) is 10.6 Å². The summed E-state index contributed by atoms with van der Waals surface area (Å²) in [6.07, 6.45) is 0. The third kappa shape index (κ3) is 3.84. The van der Waals surface area contributed by atoms with Crippen molar-refractivity contribution in [1.82, 2.24) is 0 Å². The molecule has 0 heterocycles. The summed E-state index contributed by atoms with van der Waals surface area (Å²) in [6, 6.07) is 10.5. The number of hydrogen-bond donors (Lipinski definition) is 1.